The van der Waals surface area contributed by atoms with Gasteiger partial charge in [-0.25, -0.2) is 0 Å². The van der Waals surface area contributed by atoms with Crippen LogP contribution in [0.2, 0.25) is 5.02 Å². The van der Waals surface area contributed by atoms with Gasteiger partial charge in [0, 0.05) is 32.9 Å². The van der Waals surface area contributed by atoms with E-state index in [1.807, 2.05) is 0 Å². The Bertz CT molecular complexity index is 645. The largest absolute Gasteiger partial charge is 0.373 e. The van der Waals surface area contributed by atoms with Crippen LogP contribution in [0.25, 0.3) is 0 Å². The molecule has 0 bridgehead atoms. The van der Waals surface area contributed by atoms with Gasteiger partial charge < -0.3 is 19.5 Å². The Morgan fingerprint density at radius 2 is 2.50 bits per heavy atom. The quantitative estimate of drug-likeness (QED) is 0.903. The van der Waals surface area contributed by atoms with Crippen LogP contribution in [0.5, 0.6) is 0 Å². The normalized spacial score (nSPS) is 18.5. The van der Waals surface area contributed by atoms with Gasteiger partial charge in [0.15, 0.2) is 0 Å². The predicted octanol–water partition coefficient (Wildman–Crippen LogP) is 1.17. The van der Waals surface area contributed by atoms with Gasteiger partial charge in [-0.05, 0) is 6.07 Å². The summed E-state index contributed by atoms with van der Waals surface area (Å²) in [5, 5.41) is 12.2. The van der Waals surface area contributed by atoms with E-state index < -0.39 is 0 Å². The lowest BCUT2D eigenvalue weighted by Crippen LogP contribution is -2.47. The minimum atomic E-state index is -0.161. The number of nitrogens with one attached hydrogen (secondary N) is 1. The summed E-state index contributed by atoms with van der Waals surface area (Å²) in [6.45, 7) is 2.52. The standard InChI is InChI=1S/C13H16ClN5O2S/c1-18-6-9(14)4-11(18)12(20)15-5-10-7-19(2-3-21-10)13-17-16-8-22-13/h4,6,8,10H,2-3,5,7H2,1H3,(H,15,20). The van der Waals surface area contributed by atoms with Crippen molar-refractivity contribution in [3.8, 4) is 0 Å². The first-order valence-electron chi connectivity index (χ1n) is 6.86. The van der Waals surface area contributed by atoms with Crippen molar-refractivity contribution < 1.29 is 9.53 Å². The van der Waals surface area contributed by atoms with E-state index in [-0.39, 0.29) is 12.0 Å². The van der Waals surface area contributed by atoms with Gasteiger partial charge in [-0.1, -0.05) is 22.9 Å². The van der Waals surface area contributed by atoms with Crippen LogP contribution in [0.4, 0.5) is 5.13 Å². The maximum absolute atomic E-state index is 12.2. The Hall–Kier alpha value is -1.64. The molecule has 0 spiro atoms. The first-order valence-corrected chi connectivity index (χ1v) is 8.12. The van der Waals surface area contributed by atoms with Crippen molar-refractivity contribution in [1.29, 1.82) is 0 Å². The van der Waals surface area contributed by atoms with Crippen molar-refractivity contribution >= 4 is 34.0 Å². The number of halogens is 1. The molecular formula is C13H16ClN5O2S. The van der Waals surface area contributed by atoms with Crippen LogP contribution >= 0.6 is 22.9 Å². The molecule has 2 aromatic rings. The van der Waals surface area contributed by atoms with Gasteiger partial charge in [0.05, 0.1) is 17.7 Å². The third-order valence-corrected chi connectivity index (χ3v) is 4.41. The van der Waals surface area contributed by atoms with E-state index in [0.29, 0.717) is 30.4 Å². The fourth-order valence-corrected chi connectivity index (χ4v) is 3.22. The number of anilines is 1. The van der Waals surface area contributed by atoms with Gasteiger partial charge in [-0.15, -0.1) is 10.2 Å². The van der Waals surface area contributed by atoms with E-state index in [0.717, 1.165) is 11.7 Å². The number of hydrogen-bond donors (Lipinski definition) is 1. The Balaban J connectivity index is 1.55. The molecule has 1 fully saturated rings. The van der Waals surface area contributed by atoms with Gasteiger partial charge in [0.25, 0.3) is 5.91 Å². The molecule has 3 heterocycles. The number of amides is 1. The van der Waals surface area contributed by atoms with Crippen molar-refractivity contribution in [1.82, 2.24) is 20.1 Å². The molecule has 0 aromatic carbocycles. The second-order valence-corrected chi connectivity index (χ2v) is 6.27. The van der Waals surface area contributed by atoms with Crippen molar-refractivity contribution in [3.63, 3.8) is 0 Å². The van der Waals surface area contributed by atoms with E-state index >= 15 is 0 Å². The first-order chi connectivity index (χ1) is 10.6. The minimum absolute atomic E-state index is 0.0719. The molecule has 1 saturated heterocycles. The fourth-order valence-electron chi connectivity index (χ4n) is 2.37. The average molecular weight is 342 g/mol. The summed E-state index contributed by atoms with van der Waals surface area (Å²) >= 11 is 7.39. The van der Waals surface area contributed by atoms with Crippen molar-refractivity contribution in [2.75, 3.05) is 31.1 Å². The highest BCUT2D eigenvalue weighted by Crippen LogP contribution is 2.18. The van der Waals surface area contributed by atoms with Gasteiger partial charge >= 0.3 is 0 Å². The van der Waals surface area contributed by atoms with E-state index in [1.54, 1.807) is 29.4 Å². The summed E-state index contributed by atoms with van der Waals surface area (Å²) in [5.41, 5.74) is 2.24. The van der Waals surface area contributed by atoms with Crippen LogP contribution < -0.4 is 10.2 Å². The molecule has 0 aliphatic carbocycles. The van der Waals surface area contributed by atoms with E-state index in [9.17, 15) is 4.79 Å². The highest BCUT2D eigenvalue weighted by Gasteiger charge is 2.23. The van der Waals surface area contributed by atoms with Crippen LogP contribution in [0.1, 0.15) is 10.5 Å². The molecule has 0 radical (unpaired) electrons. The number of carbonyl (C=O) groups is 1. The molecule has 3 rings (SSSR count). The zero-order valence-corrected chi connectivity index (χ0v) is 13.6. The highest BCUT2D eigenvalue weighted by atomic mass is 35.5. The third kappa shape index (κ3) is 3.40. The third-order valence-electron chi connectivity index (χ3n) is 3.45. The van der Waals surface area contributed by atoms with Crippen molar-refractivity contribution in [2.45, 2.75) is 6.10 Å². The molecule has 1 amide bonds. The molecule has 1 N–H and O–H groups in total. The topological polar surface area (TPSA) is 72.3 Å². The fraction of sp³-hybridized carbons (Fsp3) is 0.462. The SMILES string of the molecule is Cn1cc(Cl)cc1C(=O)NCC1CN(c2nncs2)CCO1. The Morgan fingerprint density at radius 1 is 1.64 bits per heavy atom. The van der Waals surface area contributed by atoms with Gasteiger partial charge in [-0.2, -0.15) is 0 Å². The molecule has 0 saturated carbocycles. The van der Waals surface area contributed by atoms with Crippen LogP contribution in [-0.2, 0) is 11.8 Å². The number of nitrogens with zero attached hydrogens (tertiary/aromatic N) is 4. The molecule has 118 valence electrons. The monoisotopic (exact) mass is 341 g/mol. The molecular weight excluding hydrogens is 326 g/mol. The first kappa shape index (κ1) is 15.3. The molecule has 7 nitrogen and oxygen atoms in total. The second-order valence-electron chi connectivity index (χ2n) is 5.02. The number of ether oxygens (including phenoxy) is 1. The number of hydrogen-bond acceptors (Lipinski definition) is 6. The molecule has 1 aliphatic heterocycles. The number of morpholine rings is 1. The minimum Gasteiger partial charge on any atom is -0.373 e. The van der Waals surface area contributed by atoms with E-state index in [1.165, 1.54) is 11.3 Å². The summed E-state index contributed by atoms with van der Waals surface area (Å²) in [5.74, 6) is -0.161. The number of rotatable bonds is 4. The number of aromatic nitrogens is 3. The smallest absolute Gasteiger partial charge is 0.268 e. The summed E-state index contributed by atoms with van der Waals surface area (Å²) < 4.78 is 7.40. The van der Waals surface area contributed by atoms with E-state index in [4.69, 9.17) is 16.3 Å². The van der Waals surface area contributed by atoms with Crippen molar-refractivity contribution in [2.24, 2.45) is 7.05 Å². The van der Waals surface area contributed by atoms with E-state index in [2.05, 4.69) is 20.4 Å². The molecule has 22 heavy (non-hydrogen) atoms. The summed E-state index contributed by atoms with van der Waals surface area (Å²) in [6.07, 6.45) is 1.63. The average Bonchev–Trinajstić information content (AvgIpc) is 3.15. The molecule has 1 aliphatic rings. The van der Waals surface area contributed by atoms with Gasteiger partial charge in [0.2, 0.25) is 5.13 Å². The van der Waals surface area contributed by atoms with Crippen molar-refractivity contribution in [3.05, 3.63) is 28.5 Å². The lowest BCUT2D eigenvalue weighted by molar-refractivity contribution is 0.0395. The second kappa shape index (κ2) is 6.64. The molecule has 1 atom stereocenters. The number of aryl methyl sites for hydroxylation is 1. The Kier molecular flexibility index (Phi) is 4.60. The summed E-state index contributed by atoms with van der Waals surface area (Å²) in [7, 11) is 1.79. The number of carbonyl (C=O) groups excluding carboxylic acids is 1. The highest BCUT2D eigenvalue weighted by molar-refractivity contribution is 7.13. The van der Waals surface area contributed by atoms with Crippen LogP contribution in [0.3, 0.4) is 0 Å². The maximum atomic E-state index is 12.2. The zero-order chi connectivity index (χ0) is 15.5. The zero-order valence-electron chi connectivity index (χ0n) is 12.0. The predicted molar refractivity (Wildman–Crippen MR) is 84.6 cm³/mol. The van der Waals surface area contributed by atoms with Crippen LogP contribution in [0.15, 0.2) is 17.8 Å². The Morgan fingerprint density at radius 3 is 3.18 bits per heavy atom. The summed E-state index contributed by atoms with van der Waals surface area (Å²) in [6, 6.07) is 1.64. The van der Waals surface area contributed by atoms with Crippen LogP contribution in [-0.4, -0.2) is 53.0 Å². The van der Waals surface area contributed by atoms with Gasteiger partial charge in [0.1, 0.15) is 11.2 Å². The molecule has 2 aromatic heterocycles. The van der Waals surface area contributed by atoms with Gasteiger partial charge in [-0.3, -0.25) is 4.79 Å². The Labute approximate surface area is 136 Å². The lowest BCUT2D eigenvalue weighted by atomic mass is 10.2. The lowest BCUT2D eigenvalue weighted by Gasteiger charge is -2.32. The van der Waals surface area contributed by atoms with Crippen LogP contribution in [0, 0.1) is 0 Å². The molecule has 9 heteroatoms. The summed E-state index contributed by atoms with van der Waals surface area (Å²) in [4.78, 5) is 14.3. The molecule has 1 unspecified atom stereocenters. The maximum Gasteiger partial charge on any atom is 0.268 e.